The average molecular weight is 298 g/mol. The van der Waals surface area contributed by atoms with Crippen molar-refractivity contribution in [2.45, 2.75) is 20.0 Å². The maximum Gasteiger partial charge on any atom is 0.239 e. The van der Waals surface area contributed by atoms with Gasteiger partial charge in [0.25, 0.3) is 0 Å². The Labute approximate surface area is 124 Å². The number of halogens is 1. The number of nitrogens with zero attached hydrogens (tertiary/aromatic N) is 1. The lowest BCUT2D eigenvalue weighted by atomic mass is 10.0. The highest BCUT2D eigenvalue weighted by Crippen LogP contribution is 2.28. The van der Waals surface area contributed by atoms with Crippen LogP contribution in [0.15, 0.2) is 12.1 Å². The molecular weight excluding hydrogens is 275 g/mol. The molecule has 0 aliphatic heterocycles. The summed E-state index contributed by atoms with van der Waals surface area (Å²) in [6, 6.07) is 2.95. The molecule has 0 fully saturated rings. The first kappa shape index (κ1) is 17.4. The van der Waals surface area contributed by atoms with E-state index in [1.54, 1.807) is 39.0 Å². The molecule has 1 rings (SSSR count). The van der Waals surface area contributed by atoms with E-state index in [0.29, 0.717) is 30.0 Å². The second-order valence-corrected chi connectivity index (χ2v) is 5.03. The minimum absolute atomic E-state index is 0.120. The second kappa shape index (κ2) is 7.95. The number of carbonyl (C=O) groups is 1. The molecule has 21 heavy (non-hydrogen) atoms. The van der Waals surface area contributed by atoms with Crippen molar-refractivity contribution < 1.29 is 19.0 Å². The fourth-order valence-corrected chi connectivity index (χ4v) is 2.00. The van der Waals surface area contributed by atoms with Crippen molar-refractivity contribution in [2.75, 3.05) is 38.8 Å². The molecule has 118 valence electrons. The number of nitrogens with one attached hydrogen (secondary N) is 1. The standard InChI is InChI=1S/C15H23FN2O3/c1-10-7-14(12(11(2)19)8-13(10)16)18(3)9-15(20)17-5-6-21-4/h7-8,11,19H,5-6,9H2,1-4H3,(H,17,20)/t11-/m1/s1. The van der Waals surface area contributed by atoms with E-state index >= 15 is 0 Å². The van der Waals surface area contributed by atoms with Crippen molar-refractivity contribution in [3.05, 3.63) is 29.1 Å². The molecule has 0 aliphatic carbocycles. The van der Waals surface area contributed by atoms with Crippen LogP contribution < -0.4 is 10.2 Å². The Balaban J connectivity index is 2.84. The van der Waals surface area contributed by atoms with E-state index in [-0.39, 0.29) is 18.3 Å². The van der Waals surface area contributed by atoms with Gasteiger partial charge in [0.05, 0.1) is 19.3 Å². The highest BCUT2D eigenvalue weighted by Gasteiger charge is 2.16. The van der Waals surface area contributed by atoms with E-state index in [9.17, 15) is 14.3 Å². The molecule has 0 aromatic heterocycles. The molecule has 0 radical (unpaired) electrons. The molecule has 0 saturated heterocycles. The Kier molecular flexibility index (Phi) is 6.58. The summed E-state index contributed by atoms with van der Waals surface area (Å²) < 4.78 is 18.5. The van der Waals surface area contributed by atoms with Crippen molar-refractivity contribution in [3.63, 3.8) is 0 Å². The quantitative estimate of drug-likeness (QED) is 0.747. The van der Waals surface area contributed by atoms with Gasteiger partial charge in [0.1, 0.15) is 5.82 Å². The van der Waals surface area contributed by atoms with Crippen LogP contribution in [0.1, 0.15) is 24.2 Å². The van der Waals surface area contributed by atoms with E-state index in [4.69, 9.17) is 4.74 Å². The van der Waals surface area contributed by atoms with Gasteiger partial charge in [-0.2, -0.15) is 0 Å². The van der Waals surface area contributed by atoms with E-state index in [1.165, 1.54) is 6.07 Å². The molecule has 2 N–H and O–H groups in total. The summed E-state index contributed by atoms with van der Waals surface area (Å²) in [5.41, 5.74) is 1.58. The summed E-state index contributed by atoms with van der Waals surface area (Å²) >= 11 is 0. The summed E-state index contributed by atoms with van der Waals surface area (Å²) in [7, 11) is 3.29. The lowest BCUT2D eigenvalue weighted by Crippen LogP contribution is -2.37. The van der Waals surface area contributed by atoms with Gasteiger partial charge < -0.3 is 20.1 Å². The second-order valence-electron chi connectivity index (χ2n) is 5.03. The van der Waals surface area contributed by atoms with Crippen molar-refractivity contribution in [1.82, 2.24) is 5.32 Å². The largest absolute Gasteiger partial charge is 0.389 e. The van der Waals surface area contributed by atoms with Crippen LogP contribution in [-0.2, 0) is 9.53 Å². The maximum absolute atomic E-state index is 13.6. The number of rotatable bonds is 7. The van der Waals surface area contributed by atoms with Crippen LogP contribution in [0.5, 0.6) is 0 Å². The molecule has 0 spiro atoms. The number of likely N-dealkylation sites (N-methyl/N-ethyl adjacent to an activating group) is 1. The number of aliphatic hydroxyl groups excluding tert-OH is 1. The van der Waals surface area contributed by atoms with Crippen LogP contribution in [0.2, 0.25) is 0 Å². The van der Waals surface area contributed by atoms with Gasteiger partial charge in [-0.1, -0.05) is 0 Å². The normalized spacial score (nSPS) is 12.1. The summed E-state index contributed by atoms with van der Waals surface area (Å²) in [5.74, 6) is -0.527. The van der Waals surface area contributed by atoms with Gasteiger partial charge in [-0.05, 0) is 31.5 Å². The van der Waals surface area contributed by atoms with Gasteiger partial charge in [0, 0.05) is 32.0 Å². The first-order valence-corrected chi connectivity index (χ1v) is 6.81. The number of ether oxygens (including phenoxy) is 1. The van der Waals surface area contributed by atoms with E-state index < -0.39 is 6.10 Å². The highest BCUT2D eigenvalue weighted by molar-refractivity contribution is 5.81. The topological polar surface area (TPSA) is 61.8 Å². The van der Waals surface area contributed by atoms with Gasteiger partial charge >= 0.3 is 0 Å². The van der Waals surface area contributed by atoms with Gasteiger partial charge in [-0.15, -0.1) is 0 Å². The molecule has 0 saturated carbocycles. The van der Waals surface area contributed by atoms with E-state index in [2.05, 4.69) is 5.32 Å². The molecule has 1 aromatic carbocycles. The molecule has 0 unspecified atom stereocenters. The number of hydrogen-bond acceptors (Lipinski definition) is 4. The van der Waals surface area contributed by atoms with Crippen molar-refractivity contribution in [1.29, 1.82) is 0 Å². The van der Waals surface area contributed by atoms with Crippen molar-refractivity contribution >= 4 is 11.6 Å². The van der Waals surface area contributed by atoms with Crippen molar-refractivity contribution in [2.24, 2.45) is 0 Å². The van der Waals surface area contributed by atoms with Gasteiger partial charge in [-0.3, -0.25) is 4.79 Å². The third-order valence-electron chi connectivity index (χ3n) is 3.18. The molecule has 6 heteroatoms. The molecule has 1 aromatic rings. The maximum atomic E-state index is 13.6. The van der Waals surface area contributed by atoms with Crippen LogP contribution in [0.3, 0.4) is 0 Å². The number of hydrogen-bond donors (Lipinski definition) is 2. The van der Waals surface area contributed by atoms with Crippen LogP contribution >= 0.6 is 0 Å². The first-order chi connectivity index (χ1) is 9.86. The van der Waals surface area contributed by atoms with Crippen LogP contribution in [0.25, 0.3) is 0 Å². The summed E-state index contributed by atoms with van der Waals surface area (Å²) in [4.78, 5) is 13.5. The zero-order valence-electron chi connectivity index (χ0n) is 12.9. The molecule has 1 atom stereocenters. The van der Waals surface area contributed by atoms with Gasteiger partial charge in [-0.25, -0.2) is 4.39 Å². The van der Waals surface area contributed by atoms with Crippen LogP contribution in [0, 0.1) is 12.7 Å². The summed E-state index contributed by atoms with van der Waals surface area (Å²) in [5, 5.41) is 12.5. The highest BCUT2D eigenvalue weighted by atomic mass is 19.1. The fourth-order valence-electron chi connectivity index (χ4n) is 2.00. The minimum Gasteiger partial charge on any atom is -0.389 e. The van der Waals surface area contributed by atoms with Gasteiger partial charge in [0.15, 0.2) is 0 Å². The predicted molar refractivity (Wildman–Crippen MR) is 79.9 cm³/mol. The first-order valence-electron chi connectivity index (χ1n) is 6.81. The number of anilines is 1. The number of benzene rings is 1. The Hall–Kier alpha value is -1.66. The predicted octanol–water partition coefficient (Wildman–Crippen LogP) is 1.39. The molecule has 0 heterocycles. The third-order valence-corrected chi connectivity index (χ3v) is 3.18. The van der Waals surface area contributed by atoms with E-state index in [1.807, 2.05) is 0 Å². The Morgan fingerprint density at radius 1 is 1.52 bits per heavy atom. The molecule has 0 aliphatic rings. The minimum atomic E-state index is -0.811. The number of carbonyl (C=O) groups excluding carboxylic acids is 1. The number of aliphatic hydroxyl groups is 1. The number of aryl methyl sites for hydroxylation is 1. The monoisotopic (exact) mass is 298 g/mol. The Morgan fingerprint density at radius 3 is 2.76 bits per heavy atom. The zero-order chi connectivity index (χ0) is 16.0. The fraction of sp³-hybridized carbons (Fsp3) is 0.533. The zero-order valence-corrected chi connectivity index (χ0v) is 12.9. The lowest BCUT2D eigenvalue weighted by Gasteiger charge is -2.24. The molecular formula is C15H23FN2O3. The summed E-state index contributed by atoms with van der Waals surface area (Å²) in [6.45, 7) is 4.23. The Bertz CT molecular complexity index is 492. The molecule has 5 nitrogen and oxygen atoms in total. The number of methoxy groups -OCH3 is 1. The Morgan fingerprint density at radius 2 is 2.19 bits per heavy atom. The lowest BCUT2D eigenvalue weighted by molar-refractivity contribution is -0.119. The van der Waals surface area contributed by atoms with Crippen LogP contribution in [-0.4, -0.2) is 44.9 Å². The smallest absolute Gasteiger partial charge is 0.239 e. The average Bonchev–Trinajstić information content (AvgIpc) is 2.41. The SMILES string of the molecule is COCCNC(=O)CN(C)c1cc(C)c(F)cc1[C@@H](C)O. The van der Waals surface area contributed by atoms with Crippen molar-refractivity contribution in [3.8, 4) is 0 Å². The van der Waals surface area contributed by atoms with Gasteiger partial charge in [0.2, 0.25) is 5.91 Å². The summed E-state index contributed by atoms with van der Waals surface area (Å²) in [6.07, 6.45) is -0.811. The third kappa shape index (κ3) is 4.99. The molecule has 1 amide bonds. The van der Waals surface area contributed by atoms with E-state index in [0.717, 1.165) is 0 Å². The molecule has 0 bridgehead atoms. The number of amides is 1. The van der Waals surface area contributed by atoms with Crippen LogP contribution in [0.4, 0.5) is 10.1 Å².